The molecular formula is C19H20ClN5O. The Kier molecular flexibility index (Phi) is 4.28. The van der Waals surface area contributed by atoms with Gasteiger partial charge in [-0.25, -0.2) is 4.98 Å². The number of rotatable bonds is 2. The van der Waals surface area contributed by atoms with Crippen LogP contribution >= 0.6 is 11.6 Å². The van der Waals surface area contributed by atoms with E-state index in [0.717, 1.165) is 40.5 Å². The number of aromatic nitrogens is 3. The van der Waals surface area contributed by atoms with Gasteiger partial charge in [0.05, 0.1) is 17.1 Å². The van der Waals surface area contributed by atoms with Crippen LogP contribution in [0.5, 0.6) is 0 Å². The summed E-state index contributed by atoms with van der Waals surface area (Å²) in [7, 11) is 1.84. The van der Waals surface area contributed by atoms with E-state index in [0.29, 0.717) is 18.7 Å². The number of amides is 1. The predicted octanol–water partition coefficient (Wildman–Crippen LogP) is 2.89. The van der Waals surface area contributed by atoms with Crippen molar-refractivity contribution in [3.05, 3.63) is 52.8 Å². The van der Waals surface area contributed by atoms with E-state index in [1.54, 1.807) is 10.9 Å². The van der Waals surface area contributed by atoms with Gasteiger partial charge in [-0.1, -0.05) is 11.6 Å². The lowest BCUT2D eigenvalue weighted by Crippen LogP contribution is -2.48. The molecule has 1 saturated heterocycles. The van der Waals surface area contributed by atoms with Crippen molar-refractivity contribution in [1.29, 1.82) is 0 Å². The number of carbonyl (C=O) groups is 1. The third-order valence-electron chi connectivity index (χ3n) is 4.82. The smallest absolute Gasteiger partial charge is 0.254 e. The zero-order valence-electron chi connectivity index (χ0n) is 14.8. The highest BCUT2D eigenvalue weighted by Crippen LogP contribution is 2.22. The van der Waals surface area contributed by atoms with Crippen molar-refractivity contribution in [3.63, 3.8) is 0 Å². The van der Waals surface area contributed by atoms with Gasteiger partial charge in [0.15, 0.2) is 5.65 Å². The molecule has 3 heterocycles. The maximum atomic E-state index is 13.1. The molecule has 0 aliphatic carbocycles. The molecule has 134 valence electrons. The number of anilines is 1. The summed E-state index contributed by atoms with van der Waals surface area (Å²) in [6.45, 7) is 4.87. The van der Waals surface area contributed by atoms with Crippen molar-refractivity contribution in [1.82, 2.24) is 19.7 Å². The van der Waals surface area contributed by atoms with E-state index in [2.05, 4.69) is 15.0 Å². The van der Waals surface area contributed by atoms with Crippen LogP contribution in [0, 0.1) is 6.92 Å². The first-order chi connectivity index (χ1) is 12.5. The first-order valence-electron chi connectivity index (χ1n) is 8.62. The number of pyridine rings is 1. The number of nitrogens with zero attached hydrogens (tertiary/aromatic N) is 5. The summed E-state index contributed by atoms with van der Waals surface area (Å²) in [5.74, 6) is 0.0456. The standard InChI is InChI=1S/C19H20ClN5O/c1-13-11-16(17-12-21-23(2)18(17)22-13)19(26)25-9-7-24(8-10-25)15-5-3-14(20)4-6-15/h3-6,11-12H,7-10H2,1-2H3. The summed E-state index contributed by atoms with van der Waals surface area (Å²) in [5.41, 5.74) is 3.38. The fourth-order valence-electron chi connectivity index (χ4n) is 3.41. The maximum Gasteiger partial charge on any atom is 0.254 e. The van der Waals surface area contributed by atoms with Crippen LogP contribution in [-0.4, -0.2) is 51.8 Å². The molecule has 0 spiro atoms. The van der Waals surface area contributed by atoms with Crippen LogP contribution in [0.1, 0.15) is 16.1 Å². The van der Waals surface area contributed by atoms with Crippen molar-refractivity contribution in [2.75, 3.05) is 31.1 Å². The van der Waals surface area contributed by atoms with Gasteiger partial charge in [-0.3, -0.25) is 9.48 Å². The van der Waals surface area contributed by atoms with Crippen molar-refractivity contribution < 1.29 is 4.79 Å². The number of piperazine rings is 1. The summed E-state index contributed by atoms with van der Waals surface area (Å²) in [5, 5.41) is 5.79. The van der Waals surface area contributed by atoms with Gasteiger partial charge in [-0.2, -0.15) is 5.10 Å². The topological polar surface area (TPSA) is 54.3 Å². The third kappa shape index (κ3) is 3.01. The van der Waals surface area contributed by atoms with Crippen LogP contribution in [0.15, 0.2) is 36.5 Å². The van der Waals surface area contributed by atoms with E-state index in [1.165, 1.54) is 0 Å². The average molecular weight is 370 g/mol. The van der Waals surface area contributed by atoms with Crippen LogP contribution in [0.25, 0.3) is 11.0 Å². The van der Waals surface area contributed by atoms with Crippen LogP contribution in [0.3, 0.4) is 0 Å². The van der Waals surface area contributed by atoms with Gasteiger partial charge in [-0.05, 0) is 37.3 Å². The molecule has 0 bridgehead atoms. The molecule has 1 fully saturated rings. The van der Waals surface area contributed by atoms with Gasteiger partial charge in [0.1, 0.15) is 0 Å². The highest BCUT2D eigenvalue weighted by Gasteiger charge is 2.24. The summed E-state index contributed by atoms with van der Waals surface area (Å²) in [4.78, 5) is 21.8. The molecule has 1 aliphatic heterocycles. The second kappa shape index (κ2) is 6.61. The highest BCUT2D eigenvalue weighted by molar-refractivity contribution is 6.30. The Hall–Kier alpha value is -2.60. The van der Waals surface area contributed by atoms with Gasteiger partial charge in [0, 0.05) is 49.6 Å². The molecular weight excluding hydrogens is 350 g/mol. The lowest BCUT2D eigenvalue weighted by Gasteiger charge is -2.36. The van der Waals surface area contributed by atoms with E-state index >= 15 is 0 Å². The molecule has 1 aliphatic rings. The van der Waals surface area contributed by atoms with Crippen molar-refractivity contribution in [3.8, 4) is 0 Å². The molecule has 3 aromatic rings. The largest absolute Gasteiger partial charge is 0.368 e. The first-order valence-corrected chi connectivity index (χ1v) is 9.00. The molecule has 0 saturated carbocycles. The summed E-state index contributed by atoms with van der Waals surface area (Å²) < 4.78 is 1.71. The van der Waals surface area contributed by atoms with Gasteiger partial charge in [0.2, 0.25) is 0 Å². The minimum atomic E-state index is 0.0456. The van der Waals surface area contributed by atoms with Gasteiger partial charge in [0.25, 0.3) is 5.91 Å². The number of benzene rings is 1. The van der Waals surface area contributed by atoms with E-state index in [1.807, 2.05) is 49.2 Å². The zero-order valence-corrected chi connectivity index (χ0v) is 15.6. The summed E-state index contributed by atoms with van der Waals surface area (Å²) in [6.07, 6.45) is 1.72. The second-order valence-corrected chi connectivity index (χ2v) is 7.01. The van der Waals surface area contributed by atoms with Gasteiger partial charge < -0.3 is 9.80 Å². The normalized spacial score (nSPS) is 14.9. The number of halogens is 1. The number of hydrogen-bond acceptors (Lipinski definition) is 4. The number of fused-ring (bicyclic) bond motifs is 1. The zero-order chi connectivity index (χ0) is 18.3. The lowest BCUT2D eigenvalue weighted by molar-refractivity contribution is 0.0748. The van der Waals surface area contributed by atoms with Crippen LogP contribution in [-0.2, 0) is 7.05 Å². The number of hydrogen-bond donors (Lipinski definition) is 0. The molecule has 2 aromatic heterocycles. The van der Waals surface area contributed by atoms with Crippen LogP contribution in [0.2, 0.25) is 5.02 Å². The predicted molar refractivity (Wildman–Crippen MR) is 103 cm³/mol. The Balaban J connectivity index is 1.53. The second-order valence-electron chi connectivity index (χ2n) is 6.57. The van der Waals surface area contributed by atoms with E-state index in [9.17, 15) is 4.79 Å². The van der Waals surface area contributed by atoms with Crippen LogP contribution < -0.4 is 4.90 Å². The summed E-state index contributed by atoms with van der Waals surface area (Å²) in [6, 6.07) is 9.69. The molecule has 0 N–H and O–H groups in total. The SMILES string of the molecule is Cc1cc(C(=O)N2CCN(c3ccc(Cl)cc3)CC2)c2cnn(C)c2n1. The van der Waals surface area contributed by atoms with Crippen LogP contribution in [0.4, 0.5) is 5.69 Å². The number of carbonyl (C=O) groups excluding carboxylic acids is 1. The Morgan fingerprint density at radius 3 is 2.50 bits per heavy atom. The fourth-order valence-corrected chi connectivity index (χ4v) is 3.53. The minimum absolute atomic E-state index is 0.0456. The Morgan fingerprint density at radius 1 is 1.12 bits per heavy atom. The Bertz CT molecular complexity index is 958. The molecule has 1 amide bonds. The quantitative estimate of drug-likeness (QED) is 0.697. The van der Waals surface area contributed by atoms with Crippen molar-refractivity contribution in [2.24, 2.45) is 7.05 Å². The van der Waals surface area contributed by atoms with Gasteiger partial charge in [-0.15, -0.1) is 0 Å². The van der Waals surface area contributed by atoms with Crippen molar-refractivity contribution >= 4 is 34.2 Å². The first kappa shape index (κ1) is 16.8. The lowest BCUT2D eigenvalue weighted by atomic mass is 10.1. The average Bonchev–Trinajstić information content (AvgIpc) is 3.02. The van der Waals surface area contributed by atoms with E-state index < -0.39 is 0 Å². The third-order valence-corrected chi connectivity index (χ3v) is 5.07. The van der Waals surface area contributed by atoms with E-state index in [4.69, 9.17) is 11.6 Å². The molecule has 0 radical (unpaired) electrons. The fraction of sp³-hybridized carbons (Fsp3) is 0.316. The molecule has 0 unspecified atom stereocenters. The minimum Gasteiger partial charge on any atom is -0.368 e. The van der Waals surface area contributed by atoms with Crippen molar-refractivity contribution in [2.45, 2.75) is 6.92 Å². The monoisotopic (exact) mass is 369 g/mol. The number of aryl methyl sites for hydroxylation is 2. The molecule has 0 atom stereocenters. The molecule has 26 heavy (non-hydrogen) atoms. The molecule has 7 heteroatoms. The molecule has 4 rings (SSSR count). The molecule has 6 nitrogen and oxygen atoms in total. The van der Waals surface area contributed by atoms with Gasteiger partial charge >= 0.3 is 0 Å². The van der Waals surface area contributed by atoms with E-state index in [-0.39, 0.29) is 5.91 Å². The Morgan fingerprint density at radius 2 is 1.81 bits per heavy atom. The summed E-state index contributed by atoms with van der Waals surface area (Å²) >= 11 is 5.96. The molecule has 1 aromatic carbocycles. The highest BCUT2D eigenvalue weighted by atomic mass is 35.5. The Labute approximate surface area is 157 Å². The maximum absolute atomic E-state index is 13.1.